The second-order valence-corrected chi connectivity index (χ2v) is 5.01. The minimum Gasteiger partial charge on any atom is -0.506 e. The Kier molecular flexibility index (Phi) is 4.77. The van der Waals surface area contributed by atoms with Crippen molar-refractivity contribution in [1.82, 2.24) is 10.4 Å². The molecule has 0 bridgehead atoms. The number of nitrogens with one attached hydrogen (secondary N) is 1. The van der Waals surface area contributed by atoms with Crippen LogP contribution in [0.15, 0.2) is 41.8 Å². The summed E-state index contributed by atoms with van der Waals surface area (Å²) in [7, 11) is 0. The Hall–Kier alpha value is -2.11. The normalized spacial score (nSPS) is 11.3. The molecule has 0 saturated heterocycles. The van der Waals surface area contributed by atoms with Crippen molar-refractivity contribution in [2.24, 2.45) is 5.10 Å². The van der Waals surface area contributed by atoms with Gasteiger partial charge in [-0.25, -0.2) is 5.43 Å². The highest BCUT2D eigenvalue weighted by atomic mass is 35.5. The summed E-state index contributed by atoms with van der Waals surface area (Å²) >= 11 is 11.7. The number of rotatable bonds is 3. The lowest BCUT2D eigenvalue weighted by Gasteiger charge is -2.07. The van der Waals surface area contributed by atoms with Crippen LogP contribution in [-0.2, 0) is 0 Å². The number of phenols is 1. The zero-order chi connectivity index (χ0) is 15.4. The molecular formula is C14H11Cl2N3O2. The van der Waals surface area contributed by atoms with E-state index < -0.39 is 5.91 Å². The number of aromatic hydroxyl groups is 1. The maximum absolute atomic E-state index is 11.8. The number of pyridine rings is 1. The molecule has 0 radical (unpaired) electrons. The van der Waals surface area contributed by atoms with Crippen molar-refractivity contribution in [1.29, 1.82) is 0 Å². The summed E-state index contributed by atoms with van der Waals surface area (Å²) in [6.45, 7) is 1.62. The fourth-order valence-electron chi connectivity index (χ4n) is 1.60. The Morgan fingerprint density at radius 1 is 1.38 bits per heavy atom. The van der Waals surface area contributed by atoms with Gasteiger partial charge in [0, 0.05) is 23.0 Å². The predicted octanol–water partition coefficient (Wildman–Crippen LogP) is 3.25. The minimum absolute atomic E-state index is 0.116. The monoisotopic (exact) mass is 323 g/mol. The molecule has 0 fully saturated rings. The zero-order valence-electron chi connectivity index (χ0n) is 11.0. The van der Waals surface area contributed by atoms with Gasteiger partial charge in [0.05, 0.1) is 16.3 Å². The number of aromatic nitrogens is 1. The van der Waals surface area contributed by atoms with Crippen molar-refractivity contribution in [3.63, 3.8) is 0 Å². The number of carbonyl (C=O) groups is 1. The van der Waals surface area contributed by atoms with Crippen molar-refractivity contribution in [3.8, 4) is 5.75 Å². The summed E-state index contributed by atoms with van der Waals surface area (Å²) in [6.07, 6.45) is 2.99. The van der Waals surface area contributed by atoms with Gasteiger partial charge >= 0.3 is 0 Å². The van der Waals surface area contributed by atoms with Gasteiger partial charge in [0.2, 0.25) is 0 Å². The number of benzene rings is 1. The number of amides is 1. The topological polar surface area (TPSA) is 74.6 Å². The number of halogens is 2. The van der Waals surface area contributed by atoms with Crippen molar-refractivity contribution < 1.29 is 9.90 Å². The summed E-state index contributed by atoms with van der Waals surface area (Å²) < 4.78 is 0. The van der Waals surface area contributed by atoms with E-state index in [1.54, 1.807) is 25.3 Å². The molecule has 5 nitrogen and oxygen atoms in total. The van der Waals surface area contributed by atoms with Crippen molar-refractivity contribution >= 4 is 34.8 Å². The Balaban J connectivity index is 2.21. The van der Waals surface area contributed by atoms with Crippen molar-refractivity contribution in [2.75, 3.05) is 0 Å². The smallest absolute Gasteiger partial charge is 0.272 e. The van der Waals surface area contributed by atoms with Gasteiger partial charge in [-0.15, -0.1) is 0 Å². The molecular weight excluding hydrogens is 313 g/mol. The third-order valence-electron chi connectivity index (χ3n) is 2.67. The number of hydrogen-bond donors (Lipinski definition) is 2. The van der Waals surface area contributed by atoms with Crippen LogP contribution in [0.4, 0.5) is 0 Å². The van der Waals surface area contributed by atoms with Gasteiger partial charge in [-0.05, 0) is 31.2 Å². The Morgan fingerprint density at radius 2 is 2.14 bits per heavy atom. The molecule has 1 aromatic heterocycles. The van der Waals surface area contributed by atoms with Crippen LogP contribution < -0.4 is 5.43 Å². The fourth-order valence-corrected chi connectivity index (χ4v) is 2.09. The predicted molar refractivity (Wildman–Crippen MR) is 82.0 cm³/mol. The van der Waals surface area contributed by atoms with Crippen LogP contribution in [0.1, 0.15) is 22.8 Å². The molecule has 1 heterocycles. The van der Waals surface area contributed by atoms with E-state index in [4.69, 9.17) is 23.2 Å². The number of carbonyl (C=O) groups excluding carboxylic acids is 1. The van der Waals surface area contributed by atoms with Crippen LogP contribution >= 0.6 is 23.2 Å². The minimum atomic E-state index is -0.407. The van der Waals surface area contributed by atoms with E-state index in [0.717, 1.165) is 0 Å². The van der Waals surface area contributed by atoms with Gasteiger partial charge in [0.25, 0.3) is 5.91 Å². The molecule has 2 rings (SSSR count). The lowest BCUT2D eigenvalue weighted by molar-refractivity contribution is 0.0954. The summed E-state index contributed by atoms with van der Waals surface area (Å²) in [5, 5.41) is 14.3. The van der Waals surface area contributed by atoms with Crippen molar-refractivity contribution in [3.05, 3.63) is 57.8 Å². The maximum atomic E-state index is 11.8. The number of hydrazone groups is 1. The highest BCUT2D eigenvalue weighted by Crippen LogP contribution is 2.31. The van der Waals surface area contributed by atoms with Gasteiger partial charge < -0.3 is 5.11 Å². The molecule has 21 heavy (non-hydrogen) atoms. The van der Waals surface area contributed by atoms with Gasteiger partial charge in [0.1, 0.15) is 5.75 Å². The van der Waals surface area contributed by atoms with Crippen LogP contribution in [0.2, 0.25) is 10.0 Å². The van der Waals surface area contributed by atoms with Crippen molar-refractivity contribution in [2.45, 2.75) is 6.92 Å². The second-order valence-electron chi connectivity index (χ2n) is 4.16. The molecule has 2 aromatic rings. The first kappa shape index (κ1) is 15.3. The van der Waals surface area contributed by atoms with Crippen LogP contribution in [0.25, 0.3) is 0 Å². The molecule has 2 N–H and O–H groups in total. The SMILES string of the molecule is CC(=NNC(=O)c1cccnc1)c1cc(Cl)cc(Cl)c1O. The summed E-state index contributed by atoms with van der Waals surface area (Å²) in [5.41, 5.74) is 3.47. The third kappa shape index (κ3) is 3.71. The molecule has 0 aliphatic carbocycles. The largest absolute Gasteiger partial charge is 0.506 e. The van der Waals surface area contributed by atoms with Crippen LogP contribution in [0.3, 0.4) is 0 Å². The molecule has 7 heteroatoms. The van der Waals surface area contributed by atoms with Gasteiger partial charge in [-0.1, -0.05) is 23.2 Å². The summed E-state index contributed by atoms with van der Waals surface area (Å²) in [6, 6.07) is 6.19. The lowest BCUT2D eigenvalue weighted by atomic mass is 10.1. The number of nitrogens with zero attached hydrogens (tertiary/aromatic N) is 2. The standard InChI is InChI=1S/C14H11Cl2N3O2/c1-8(11-5-10(15)6-12(16)13(11)20)18-19-14(21)9-3-2-4-17-7-9/h2-7,20H,1H3,(H,19,21). The van der Waals surface area contributed by atoms with E-state index in [-0.39, 0.29) is 10.8 Å². The van der Waals surface area contributed by atoms with E-state index in [9.17, 15) is 9.90 Å². The van der Waals surface area contributed by atoms with Crippen LogP contribution in [0, 0.1) is 0 Å². The highest BCUT2D eigenvalue weighted by molar-refractivity contribution is 6.36. The first-order chi connectivity index (χ1) is 9.99. The first-order valence-corrected chi connectivity index (χ1v) is 6.67. The summed E-state index contributed by atoms with van der Waals surface area (Å²) in [4.78, 5) is 15.7. The molecule has 1 amide bonds. The molecule has 1 aromatic carbocycles. The highest BCUT2D eigenvalue weighted by Gasteiger charge is 2.11. The Labute approximate surface area is 131 Å². The number of phenolic OH excluding ortho intramolecular Hbond substituents is 1. The van der Waals surface area contributed by atoms with E-state index in [1.165, 1.54) is 18.3 Å². The average molecular weight is 324 g/mol. The molecule has 108 valence electrons. The van der Waals surface area contributed by atoms with E-state index in [1.807, 2.05) is 0 Å². The van der Waals surface area contributed by atoms with Gasteiger partial charge in [-0.2, -0.15) is 5.10 Å². The Bertz CT molecular complexity index is 703. The summed E-state index contributed by atoms with van der Waals surface area (Å²) in [5.74, 6) is -0.548. The molecule has 0 spiro atoms. The lowest BCUT2D eigenvalue weighted by Crippen LogP contribution is -2.19. The molecule has 0 saturated carbocycles. The fraction of sp³-hybridized carbons (Fsp3) is 0.0714. The number of hydrogen-bond acceptors (Lipinski definition) is 4. The molecule has 0 aliphatic rings. The molecule has 0 aliphatic heterocycles. The van der Waals surface area contributed by atoms with Gasteiger partial charge in [0.15, 0.2) is 0 Å². The first-order valence-electron chi connectivity index (χ1n) is 5.92. The van der Waals surface area contributed by atoms with E-state index >= 15 is 0 Å². The maximum Gasteiger partial charge on any atom is 0.272 e. The van der Waals surface area contributed by atoms with E-state index in [0.29, 0.717) is 21.9 Å². The van der Waals surface area contributed by atoms with Crippen LogP contribution in [-0.4, -0.2) is 21.7 Å². The zero-order valence-corrected chi connectivity index (χ0v) is 12.5. The van der Waals surface area contributed by atoms with E-state index in [2.05, 4.69) is 15.5 Å². The Morgan fingerprint density at radius 3 is 2.81 bits per heavy atom. The molecule has 0 atom stereocenters. The third-order valence-corrected chi connectivity index (χ3v) is 3.17. The van der Waals surface area contributed by atoms with Gasteiger partial charge in [-0.3, -0.25) is 9.78 Å². The molecule has 0 unspecified atom stereocenters. The second kappa shape index (κ2) is 6.56. The quantitative estimate of drug-likeness (QED) is 0.672. The average Bonchev–Trinajstić information content (AvgIpc) is 2.49. The van der Waals surface area contributed by atoms with Crippen LogP contribution in [0.5, 0.6) is 5.75 Å².